The number of hydrogen-bond acceptors (Lipinski definition) is 4. The van der Waals surface area contributed by atoms with E-state index in [2.05, 4.69) is 271 Å². The smallest absolute Gasteiger partial charge is 0.137 e. The van der Waals surface area contributed by atoms with Gasteiger partial charge in [-0.1, -0.05) is 198 Å². The molecule has 0 aliphatic heterocycles. The summed E-state index contributed by atoms with van der Waals surface area (Å²) in [6.45, 7) is 18.5. The third kappa shape index (κ3) is 8.13. The highest BCUT2D eigenvalue weighted by Gasteiger charge is 2.39. The van der Waals surface area contributed by atoms with E-state index in [4.69, 9.17) is 9.97 Å². The lowest BCUT2D eigenvalue weighted by Gasteiger charge is -2.27. The maximum Gasteiger partial charge on any atom is 0.137 e. The van der Waals surface area contributed by atoms with Gasteiger partial charge in [-0.05, 0) is 176 Å². The quantitative estimate of drug-likeness (QED) is 0.128. The van der Waals surface area contributed by atoms with Crippen molar-refractivity contribution in [2.45, 2.75) is 71.6 Å². The van der Waals surface area contributed by atoms with Crippen molar-refractivity contribution < 1.29 is 0 Å². The predicted molar refractivity (Wildman–Crippen MR) is 324 cm³/mol. The molecule has 8 aromatic carbocycles. The van der Waals surface area contributed by atoms with E-state index in [1.807, 2.05) is 24.5 Å². The van der Waals surface area contributed by atoms with Crippen LogP contribution in [-0.2, 0) is 16.2 Å². The lowest BCUT2D eigenvalue weighted by atomic mass is 9.81. The van der Waals surface area contributed by atoms with Crippen molar-refractivity contribution in [1.29, 1.82) is 0 Å². The first-order valence-corrected chi connectivity index (χ1v) is 27.0. The average Bonchev–Trinajstić information content (AvgIpc) is 4.11. The Kier molecular flexibility index (Phi) is 11.3. The number of rotatable bonds is 10. The van der Waals surface area contributed by atoms with Gasteiger partial charge in [-0.25, -0.2) is 9.97 Å². The van der Waals surface area contributed by atoms with Crippen LogP contribution in [0.2, 0.25) is 0 Å². The number of aryl methyl sites for hydroxylation is 2. The molecule has 0 amide bonds. The minimum atomic E-state index is -0.187. The third-order valence-corrected chi connectivity index (χ3v) is 16.9. The number of hydrogen-bond donors (Lipinski definition) is 0. The van der Waals surface area contributed by atoms with Crippen molar-refractivity contribution in [1.82, 2.24) is 9.97 Å². The van der Waals surface area contributed by atoms with Crippen molar-refractivity contribution in [3.8, 4) is 33.4 Å². The molecule has 0 saturated carbocycles. The van der Waals surface area contributed by atoms with Gasteiger partial charge in [-0.2, -0.15) is 0 Å². The average molecular weight is 995 g/mol. The lowest BCUT2D eigenvalue weighted by Crippen LogP contribution is -2.17. The molecule has 4 nitrogen and oxygen atoms in total. The Labute approximate surface area is 454 Å². The number of benzene rings is 8. The highest BCUT2D eigenvalue weighted by atomic mass is 15.2. The van der Waals surface area contributed by atoms with Crippen LogP contribution in [0.5, 0.6) is 0 Å². The fourth-order valence-electron chi connectivity index (χ4n) is 12.5. The Bertz CT molecular complexity index is 3750. The van der Waals surface area contributed by atoms with Gasteiger partial charge < -0.3 is 0 Å². The van der Waals surface area contributed by atoms with Crippen molar-refractivity contribution >= 4 is 58.7 Å². The van der Waals surface area contributed by atoms with E-state index in [0.29, 0.717) is 0 Å². The Morgan fingerprint density at radius 2 is 0.571 bits per heavy atom. The van der Waals surface area contributed by atoms with Crippen LogP contribution in [0.15, 0.2) is 207 Å². The van der Waals surface area contributed by atoms with Crippen LogP contribution < -0.4 is 9.80 Å². The minimum Gasteiger partial charge on any atom is -0.295 e. The maximum absolute atomic E-state index is 4.78. The molecule has 374 valence electrons. The van der Waals surface area contributed by atoms with Crippen LogP contribution >= 0.6 is 0 Å². The first-order valence-electron chi connectivity index (χ1n) is 27.0. The van der Waals surface area contributed by atoms with E-state index < -0.39 is 0 Å². The van der Waals surface area contributed by atoms with Crippen molar-refractivity contribution in [3.63, 3.8) is 0 Å². The molecule has 4 heteroatoms. The Morgan fingerprint density at radius 1 is 0.299 bits per heavy atom. The lowest BCUT2D eigenvalue weighted by molar-refractivity contribution is 0.660. The van der Waals surface area contributed by atoms with E-state index in [1.165, 1.54) is 100 Å². The molecule has 13 rings (SSSR count). The maximum atomic E-state index is 4.78. The Balaban J connectivity index is 0.730. The van der Waals surface area contributed by atoms with Gasteiger partial charge in [0.25, 0.3) is 0 Å². The van der Waals surface area contributed by atoms with Gasteiger partial charge in [0.15, 0.2) is 0 Å². The molecule has 3 aliphatic rings. The van der Waals surface area contributed by atoms with Gasteiger partial charge in [0.1, 0.15) is 11.6 Å². The van der Waals surface area contributed by atoms with Gasteiger partial charge >= 0.3 is 0 Å². The molecule has 3 aliphatic carbocycles. The molecule has 0 spiro atoms. The van der Waals surface area contributed by atoms with Crippen molar-refractivity contribution in [2.75, 3.05) is 9.80 Å². The number of aromatic nitrogens is 2. The zero-order valence-corrected chi connectivity index (χ0v) is 45.2. The van der Waals surface area contributed by atoms with Gasteiger partial charge in [0, 0.05) is 51.4 Å². The zero-order valence-electron chi connectivity index (χ0n) is 45.2. The fourth-order valence-corrected chi connectivity index (χ4v) is 12.5. The number of anilines is 6. The molecular weight excluding hydrogens is 933 g/mol. The van der Waals surface area contributed by atoms with Gasteiger partial charge in [-0.3, -0.25) is 9.80 Å². The molecule has 0 saturated heterocycles. The summed E-state index contributed by atoms with van der Waals surface area (Å²) >= 11 is 0. The molecule has 0 atom stereocenters. The molecule has 0 radical (unpaired) electrons. The highest BCUT2D eigenvalue weighted by molar-refractivity contribution is 5.90. The second-order valence-electron chi connectivity index (χ2n) is 22.9. The van der Waals surface area contributed by atoms with Crippen LogP contribution in [0, 0.1) is 13.8 Å². The second-order valence-corrected chi connectivity index (χ2v) is 22.9. The summed E-state index contributed by atoms with van der Waals surface area (Å²) < 4.78 is 0. The third-order valence-electron chi connectivity index (χ3n) is 16.9. The van der Waals surface area contributed by atoms with Crippen molar-refractivity contribution in [3.05, 3.63) is 273 Å². The van der Waals surface area contributed by atoms with E-state index in [1.54, 1.807) is 0 Å². The van der Waals surface area contributed by atoms with Crippen LogP contribution in [0.1, 0.15) is 108 Å². The SMILES string of the molecule is Cc1ccc(N(c2ccc3c(c2)C(C)(C)c2cc(C=Cc4ccc5c(c4)C(C)(C)c4cc(C=Cc6ccc7c(c6)C(C)(C)c6cc(N(c8ccc(C)cc8)c8ccccn8)ccc6-7)ccc4-5)ccc2-3)c2ccccn2)cc1. The summed E-state index contributed by atoms with van der Waals surface area (Å²) in [6.07, 6.45) is 12.9. The first-order chi connectivity index (χ1) is 37.2. The molecule has 77 heavy (non-hydrogen) atoms. The fraction of sp³-hybridized carbons (Fsp3) is 0.151. The van der Waals surface area contributed by atoms with E-state index >= 15 is 0 Å². The molecular formula is C73H62N4. The molecule has 0 N–H and O–H groups in total. The summed E-state index contributed by atoms with van der Waals surface area (Å²) in [7, 11) is 0. The van der Waals surface area contributed by atoms with Crippen LogP contribution in [0.3, 0.4) is 0 Å². The molecule has 2 heterocycles. The minimum absolute atomic E-state index is 0.153. The zero-order chi connectivity index (χ0) is 52.8. The van der Waals surface area contributed by atoms with Crippen molar-refractivity contribution in [2.24, 2.45) is 0 Å². The predicted octanol–water partition coefficient (Wildman–Crippen LogP) is 19.3. The first kappa shape index (κ1) is 47.8. The molecule has 2 aromatic heterocycles. The molecule has 10 aromatic rings. The largest absolute Gasteiger partial charge is 0.295 e. The summed E-state index contributed by atoms with van der Waals surface area (Å²) in [6, 6.07) is 71.4. The summed E-state index contributed by atoms with van der Waals surface area (Å²) in [4.78, 5) is 14.1. The molecule has 0 fully saturated rings. The summed E-state index contributed by atoms with van der Waals surface area (Å²) in [5, 5.41) is 0. The number of fused-ring (bicyclic) bond motifs is 9. The normalized spacial score (nSPS) is 14.7. The van der Waals surface area contributed by atoms with Gasteiger partial charge in [0.05, 0.1) is 0 Å². The highest BCUT2D eigenvalue weighted by Crippen LogP contribution is 2.54. The molecule has 0 bridgehead atoms. The standard InChI is InChI=1S/C73H62N4/c1-47-15-27-53(28-16-47)76(69-13-9-11-39-74-69)55-31-37-61-59-35-25-51(43-65(59)72(5,6)67(61)45-55)21-19-49-23-33-57-58-34-24-50(42-64(58)71(3,4)63(57)41-49)20-22-52-26-36-60-62-38-32-56(46-68(62)73(7,8)66(60)44-52)77(70-14-10-12-40-75-70)54-29-17-48(2)18-30-54/h9-46H,1-8H3. The van der Waals surface area contributed by atoms with Crippen LogP contribution in [0.25, 0.3) is 57.7 Å². The second kappa shape index (κ2) is 18.2. The Morgan fingerprint density at radius 3 is 0.857 bits per heavy atom. The summed E-state index contributed by atoms with van der Waals surface area (Å²) in [5.41, 5.74) is 27.1. The van der Waals surface area contributed by atoms with E-state index in [9.17, 15) is 0 Å². The Hall–Kier alpha value is -8.86. The monoisotopic (exact) mass is 994 g/mol. The van der Waals surface area contributed by atoms with Crippen LogP contribution in [0.4, 0.5) is 34.4 Å². The van der Waals surface area contributed by atoms with E-state index in [0.717, 1.165) is 34.4 Å². The summed E-state index contributed by atoms with van der Waals surface area (Å²) in [5.74, 6) is 1.80. The van der Waals surface area contributed by atoms with Gasteiger partial charge in [-0.15, -0.1) is 0 Å². The van der Waals surface area contributed by atoms with Gasteiger partial charge in [0.2, 0.25) is 0 Å². The number of nitrogens with zero attached hydrogens (tertiary/aromatic N) is 4. The molecule has 0 unspecified atom stereocenters. The topological polar surface area (TPSA) is 32.3 Å². The van der Waals surface area contributed by atoms with Crippen LogP contribution in [-0.4, -0.2) is 9.97 Å². The number of pyridine rings is 2. The van der Waals surface area contributed by atoms with E-state index in [-0.39, 0.29) is 16.2 Å².